The molecule has 3 aromatic carbocycles. The number of aromatic nitrogens is 2. The van der Waals surface area contributed by atoms with Crippen molar-refractivity contribution >= 4 is 51.8 Å². The minimum absolute atomic E-state index is 0.0628. The van der Waals surface area contributed by atoms with Crippen molar-refractivity contribution in [2.45, 2.75) is 32.5 Å². The van der Waals surface area contributed by atoms with Crippen LogP contribution >= 0.6 is 22.6 Å². The third-order valence-electron chi connectivity index (χ3n) is 7.45. The summed E-state index contributed by atoms with van der Waals surface area (Å²) in [5.41, 5.74) is 3.52. The summed E-state index contributed by atoms with van der Waals surface area (Å²) in [6, 6.07) is 16.7. The van der Waals surface area contributed by atoms with Gasteiger partial charge in [0.05, 0.1) is 23.5 Å². The van der Waals surface area contributed by atoms with Gasteiger partial charge >= 0.3 is 0 Å². The maximum absolute atomic E-state index is 14.9. The number of piperazine rings is 1. The minimum atomic E-state index is -0.691. The summed E-state index contributed by atoms with van der Waals surface area (Å²) in [4.78, 5) is 28.7. The second-order valence-corrected chi connectivity index (χ2v) is 12.1. The fraction of sp³-hybridized carbons (Fsp3) is 0.219. The van der Waals surface area contributed by atoms with Crippen molar-refractivity contribution in [1.82, 2.24) is 25.5 Å². The molecule has 3 heterocycles. The number of nitrogens with zero attached hydrogens (tertiary/aromatic N) is 4. The van der Waals surface area contributed by atoms with Crippen molar-refractivity contribution < 1.29 is 13.6 Å². The molecule has 2 aliphatic heterocycles. The molecule has 6 rings (SSSR count). The zero-order chi connectivity index (χ0) is 31.0. The minimum Gasteiger partial charge on any atom is -0.340 e. The van der Waals surface area contributed by atoms with E-state index < -0.39 is 17.5 Å². The van der Waals surface area contributed by atoms with Crippen molar-refractivity contribution in [1.29, 1.82) is 5.41 Å². The van der Waals surface area contributed by atoms with Gasteiger partial charge in [0.2, 0.25) is 5.95 Å². The third-order valence-corrected chi connectivity index (χ3v) is 8.12. The standard InChI is InChI=1S/C32H29F2IN8O/c1-17-15-43(16-18(2)39-17)31(36)42-30(44)19-5-3-6-22(11-19)40-32-38-14-20-13-37-29(27-25(33)7-4-8-26(27)34)24-12-21(35)9-10-23(24)28(20)41-32/h3-12,14,17-18,39H,13,15-16H2,1-2H3,(H2,36,42,44)(H,38,40,41). The molecule has 9 nitrogen and oxygen atoms in total. The maximum atomic E-state index is 14.9. The number of benzene rings is 3. The first-order valence-corrected chi connectivity index (χ1v) is 15.2. The number of carbonyl (C=O) groups is 1. The Bertz CT molecular complexity index is 1780. The van der Waals surface area contributed by atoms with Gasteiger partial charge in [-0.2, -0.15) is 0 Å². The van der Waals surface area contributed by atoms with Crippen LogP contribution in [0.5, 0.6) is 0 Å². The van der Waals surface area contributed by atoms with Gasteiger partial charge in [0.1, 0.15) is 11.6 Å². The molecule has 0 aliphatic carbocycles. The molecule has 44 heavy (non-hydrogen) atoms. The fourth-order valence-corrected chi connectivity index (χ4v) is 6.05. The summed E-state index contributed by atoms with van der Waals surface area (Å²) in [6.07, 6.45) is 1.64. The molecule has 12 heteroatoms. The monoisotopic (exact) mass is 706 g/mol. The van der Waals surface area contributed by atoms with E-state index in [2.05, 4.69) is 48.5 Å². The zero-order valence-corrected chi connectivity index (χ0v) is 26.1. The Labute approximate surface area is 266 Å². The number of carbonyl (C=O) groups excluding carboxylic acids is 1. The first-order valence-electron chi connectivity index (χ1n) is 14.1. The van der Waals surface area contributed by atoms with Crippen molar-refractivity contribution in [3.8, 4) is 11.3 Å². The Morgan fingerprint density at radius 1 is 1.02 bits per heavy atom. The highest BCUT2D eigenvalue weighted by Gasteiger charge is 2.26. The van der Waals surface area contributed by atoms with Crippen molar-refractivity contribution in [3.05, 3.63) is 104 Å². The lowest BCUT2D eigenvalue weighted by Gasteiger charge is -2.37. The molecule has 2 aliphatic rings. The van der Waals surface area contributed by atoms with E-state index in [1.807, 2.05) is 36.9 Å². The van der Waals surface area contributed by atoms with E-state index in [4.69, 9.17) is 10.4 Å². The van der Waals surface area contributed by atoms with Gasteiger partial charge in [0.25, 0.3) is 5.91 Å². The lowest BCUT2D eigenvalue weighted by Crippen LogP contribution is -2.58. The second-order valence-electron chi connectivity index (χ2n) is 10.9. The number of hydrogen-bond acceptors (Lipinski definition) is 7. The van der Waals surface area contributed by atoms with E-state index in [9.17, 15) is 13.6 Å². The van der Waals surface area contributed by atoms with E-state index >= 15 is 0 Å². The summed E-state index contributed by atoms with van der Waals surface area (Å²) in [5, 5.41) is 17.7. The third kappa shape index (κ3) is 6.17. The van der Waals surface area contributed by atoms with E-state index in [-0.39, 0.29) is 41.8 Å². The zero-order valence-electron chi connectivity index (χ0n) is 24.0. The molecule has 224 valence electrons. The number of halogens is 3. The van der Waals surface area contributed by atoms with Gasteiger partial charge < -0.3 is 15.5 Å². The average molecular weight is 707 g/mol. The van der Waals surface area contributed by atoms with Crippen LogP contribution in [0.3, 0.4) is 0 Å². The van der Waals surface area contributed by atoms with Gasteiger partial charge in [0, 0.05) is 62.9 Å². The van der Waals surface area contributed by atoms with Crippen LogP contribution in [0.2, 0.25) is 0 Å². The molecule has 1 saturated heterocycles. The average Bonchev–Trinajstić information content (AvgIpc) is 3.13. The largest absolute Gasteiger partial charge is 0.340 e. The molecule has 4 N–H and O–H groups in total. The molecular formula is C32H29F2IN8O. The van der Waals surface area contributed by atoms with Crippen LogP contribution < -0.4 is 16.0 Å². The van der Waals surface area contributed by atoms with E-state index in [0.29, 0.717) is 46.7 Å². The van der Waals surface area contributed by atoms with Crippen LogP contribution in [0.15, 0.2) is 71.9 Å². The summed E-state index contributed by atoms with van der Waals surface area (Å²) in [5.74, 6) is -1.43. The van der Waals surface area contributed by atoms with Crippen molar-refractivity contribution in [2.75, 3.05) is 18.4 Å². The number of guanidine groups is 1. The van der Waals surface area contributed by atoms with Crippen LogP contribution in [-0.2, 0) is 6.54 Å². The highest BCUT2D eigenvalue weighted by atomic mass is 127. The van der Waals surface area contributed by atoms with Gasteiger partial charge in [-0.25, -0.2) is 18.7 Å². The van der Waals surface area contributed by atoms with Crippen molar-refractivity contribution in [2.24, 2.45) is 4.99 Å². The Kier molecular flexibility index (Phi) is 8.36. The highest BCUT2D eigenvalue weighted by Crippen LogP contribution is 2.34. The van der Waals surface area contributed by atoms with Crippen LogP contribution in [-0.4, -0.2) is 57.6 Å². The number of aliphatic imine (C=N–C) groups is 1. The van der Waals surface area contributed by atoms with Gasteiger partial charge in [-0.15, -0.1) is 0 Å². The molecule has 1 amide bonds. The molecule has 0 spiro atoms. The predicted molar refractivity (Wildman–Crippen MR) is 174 cm³/mol. The first kappa shape index (κ1) is 29.8. The SMILES string of the molecule is CC1CN(C(=N)NC(=O)c2cccc(Nc3ncc4c(n3)-c3ccc(I)cc3C(c3c(F)cccc3F)=NC4)c2)CC(C)N1. The number of nitrogens with one attached hydrogen (secondary N) is 4. The lowest BCUT2D eigenvalue weighted by atomic mass is 9.95. The van der Waals surface area contributed by atoms with E-state index in [1.54, 1.807) is 30.5 Å². The molecule has 1 aromatic heterocycles. The fourth-order valence-electron chi connectivity index (χ4n) is 5.56. The Hall–Kier alpha value is -4.30. The molecule has 2 unspecified atom stereocenters. The summed E-state index contributed by atoms with van der Waals surface area (Å²) in [7, 11) is 0. The van der Waals surface area contributed by atoms with Crippen LogP contribution in [0, 0.1) is 20.6 Å². The number of anilines is 2. The normalized spacial score (nSPS) is 17.6. The van der Waals surface area contributed by atoms with Gasteiger partial charge in [-0.3, -0.25) is 20.5 Å². The van der Waals surface area contributed by atoms with Gasteiger partial charge in [-0.05, 0) is 78.9 Å². The van der Waals surface area contributed by atoms with Gasteiger partial charge in [-0.1, -0.05) is 18.2 Å². The highest BCUT2D eigenvalue weighted by molar-refractivity contribution is 14.1. The topological polar surface area (TPSA) is 118 Å². The molecular weight excluding hydrogens is 677 g/mol. The van der Waals surface area contributed by atoms with Gasteiger partial charge in [0.15, 0.2) is 5.96 Å². The number of hydrogen-bond donors (Lipinski definition) is 4. The first-order chi connectivity index (χ1) is 21.2. The molecule has 0 saturated carbocycles. The summed E-state index contributed by atoms with van der Waals surface area (Å²) in [6.45, 7) is 5.49. The molecule has 2 atom stereocenters. The Morgan fingerprint density at radius 3 is 2.50 bits per heavy atom. The second kappa shape index (κ2) is 12.4. The summed E-state index contributed by atoms with van der Waals surface area (Å²) < 4.78 is 30.6. The molecule has 4 aromatic rings. The van der Waals surface area contributed by atoms with E-state index in [1.165, 1.54) is 18.2 Å². The maximum Gasteiger partial charge on any atom is 0.258 e. The number of amides is 1. The molecule has 0 bridgehead atoms. The molecule has 0 radical (unpaired) electrons. The van der Waals surface area contributed by atoms with Crippen LogP contribution in [0.4, 0.5) is 20.4 Å². The van der Waals surface area contributed by atoms with Crippen molar-refractivity contribution in [3.63, 3.8) is 0 Å². The Morgan fingerprint density at radius 2 is 1.75 bits per heavy atom. The Balaban J connectivity index is 1.26. The van der Waals surface area contributed by atoms with Crippen LogP contribution in [0.25, 0.3) is 11.3 Å². The lowest BCUT2D eigenvalue weighted by molar-refractivity contribution is 0.0969. The quantitative estimate of drug-likeness (QED) is 0.127. The molecule has 1 fully saturated rings. The van der Waals surface area contributed by atoms with Crippen LogP contribution in [0.1, 0.15) is 40.9 Å². The van der Waals surface area contributed by atoms with E-state index in [0.717, 1.165) is 3.57 Å². The number of fused-ring (bicyclic) bond motifs is 3. The predicted octanol–water partition coefficient (Wildman–Crippen LogP) is 5.47. The summed E-state index contributed by atoms with van der Waals surface area (Å²) >= 11 is 2.16. The number of rotatable bonds is 4. The smallest absolute Gasteiger partial charge is 0.258 e.